The molecule has 1 heterocycles. The third-order valence-corrected chi connectivity index (χ3v) is 5.19. The smallest absolute Gasteiger partial charge is 0.264 e. The predicted octanol–water partition coefficient (Wildman–Crippen LogP) is 2.59. The number of carbonyl (C=O) groups excluding carboxylic acids is 1. The van der Waals surface area contributed by atoms with Gasteiger partial charge in [0.25, 0.3) is 10.0 Å². The Morgan fingerprint density at radius 3 is 2.62 bits per heavy atom. The molecule has 0 fully saturated rings. The lowest BCUT2D eigenvalue weighted by Gasteiger charge is -2.10. The molecule has 1 N–H and O–H groups in total. The van der Waals surface area contributed by atoms with Crippen LogP contribution in [0.5, 0.6) is 0 Å². The van der Waals surface area contributed by atoms with E-state index in [1.54, 1.807) is 30.5 Å². The molecule has 1 amide bonds. The van der Waals surface area contributed by atoms with Crippen LogP contribution in [0.25, 0.3) is 10.9 Å². The average Bonchev–Trinajstić information content (AvgIpc) is 2.56. The molecule has 0 bridgehead atoms. The van der Waals surface area contributed by atoms with Crippen molar-refractivity contribution in [2.45, 2.75) is 18.2 Å². The SMILES string of the molecule is Cc1ccccc1CC(=O)NS(=O)(=O)c1cccc2ncccc12. The molecule has 5 nitrogen and oxygen atoms in total. The second-order valence-electron chi connectivity index (χ2n) is 5.46. The molecule has 6 heteroatoms. The van der Waals surface area contributed by atoms with Gasteiger partial charge in [-0.25, -0.2) is 13.1 Å². The minimum Gasteiger partial charge on any atom is -0.274 e. The van der Waals surface area contributed by atoms with E-state index in [-0.39, 0.29) is 11.3 Å². The average molecular weight is 340 g/mol. The van der Waals surface area contributed by atoms with Gasteiger partial charge in [-0.3, -0.25) is 9.78 Å². The molecule has 24 heavy (non-hydrogen) atoms. The van der Waals surface area contributed by atoms with Crippen molar-refractivity contribution in [1.82, 2.24) is 9.71 Å². The number of nitrogens with zero attached hydrogens (tertiary/aromatic N) is 1. The van der Waals surface area contributed by atoms with Crippen LogP contribution >= 0.6 is 0 Å². The zero-order chi connectivity index (χ0) is 17.2. The van der Waals surface area contributed by atoms with E-state index in [1.165, 1.54) is 6.07 Å². The monoisotopic (exact) mass is 340 g/mol. The number of sulfonamides is 1. The van der Waals surface area contributed by atoms with Gasteiger partial charge in [0.05, 0.1) is 16.8 Å². The number of amides is 1. The van der Waals surface area contributed by atoms with Crippen LogP contribution in [0.4, 0.5) is 0 Å². The van der Waals surface area contributed by atoms with Crippen molar-refractivity contribution in [2.24, 2.45) is 0 Å². The number of benzene rings is 2. The molecule has 0 aliphatic carbocycles. The Bertz CT molecular complexity index is 1010. The maximum atomic E-state index is 12.6. The number of aryl methyl sites for hydroxylation is 1. The van der Waals surface area contributed by atoms with E-state index in [0.29, 0.717) is 10.9 Å². The molecule has 0 aliphatic rings. The Hall–Kier alpha value is -2.73. The zero-order valence-corrected chi connectivity index (χ0v) is 13.9. The minimum absolute atomic E-state index is 0.00885. The van der Waals surface area contributed by atoms with Crippen LogP contribution in [-0.2, 0) is 21.2 Å². The normalized spacial score (nSPS) is 11.4. The molecule has 0 atom stereocenters. The first-order valence-corrected chi connectivity index (χ1v) is 8.89. The van der Waals surface area contributed by atoms with Gasteiger partial charge in [-0.1, -0.05) is 30.3 Å². The summed E-state index contributed by atoms with van der Waals surface area (Å²) in [5.41, 5.74) is 2.30. The molecule has 0 spiro atoms. The summed E-state index contributed by atoms with van der Waals surface area (Å²) in [4.78, 5) is 16.4. The Morgan fingerprint density at radius 1 is 1.04 bits per heavy atom. The lowest BCUT2D eigenvalue weighted by atomic mass is 10.1. The molecular formula is C18H16N2O3S. The molecule has 0 saturated carbocycles. The summed E-state index contributed by atoms with van der Waals surface area (Å²) in [7, 11) is -3.96. The van der Waals surface area contributed by atoms with Crippen molar-refractivity contribution in [3.63, 3.8) is 0 Å². The molecule has 3 rings (SSSR count). The van der Waals surface area contributed by atoms with Crippen molar-refractivity contribution in [1.29, 1.82) is 0 Å². The van der Waals surface area contributed by atoms with Crippen molar-refractivity contribution < 1.29 is 13.2 Å². The number of hydrogen-bond donors (Lipinski definition) is 1. The van der Waals surface area contributed by atoms with Crippen LogP contribution in [-0.4, -0.2) is 19.3 Å². The van der Waals surface area contributed by atoms with Crippen molar-refractivity contribution in [3.8, 4) is 0 Å². The Morgan fingerprint density at radius 2 is 1.83 bits per heavy atom. The summed E-state index contributed by atoms with van der Waals surface area (Å²) in [6.45, 7) is 1.88. The number of rotatable bonds is 4. The molecule has 3 aromatic rings. The van der Waals surface area contributed by atoms with E-state index in [4.69, 9.17) is 0 Å². The zero-order valence-electron chi connectivity index (χ0n) is 13.1. The third-order valence-electron chi connectivity index (χ3n) is 3.76. The van der Waals surface area contributed by atoms with Gasteiger partial charge in [0.15, 0.2) is 0 Å². The number of nitrogens with one attached hydrogen (secondary N) is 1. The number of fused-ring (bicyclic) bond motifs is 1. The summed E-state index contributed by atoms with van der Waals surface area (Å²) >= 11 is 0. The highest BCUT2D eigenvalue weighted by Gasteiger charge is 2.20. The fraction of sp³-hybridized carbons (Fsp3) is 0.111. The highest BCUT2D eigenvalue weighted by Crippen LogP contribution is 2.21. The highest BCUT2D eigenvalue weighted by molar-refractivity contribution is 7.90. The van der Waals surface area contributed by atoms with Gasteiger partial charge in [0, 0.05) is 11.6 Å². The summed E-state index contributed by atoms with van der Waals surface area (Å²) in [5, 5.41) is 0.483. The number of hydrogen-bond acceptors (Lipinski definition) is 4. The molecule has 0 radical (unpaired) electrons. The van der Waals surface area contributed by atoms with E-state index in [1.807, 2.05) is 31.2 Å². The number of aromatic nitrogens is 1. The molecule has 0 unspecified atom stereocenters. The Kier molecular flexibility index (Phi) is 4.31. The van der Waals surface area contributed by atoms with Gasteiger partial charge in [0.1, 0.15) is 0 Å². The van der Waals surface area contributed by atoms with Gasteiger partial charge >= 0.3 is 0 Å². The fourth-order valence-electron chi connectivity index (χ4n) is 2.53. The van der Waals surface area contributed by atoms with Crippen molar-refractivity contribution in [3.05, 3.63) is 71.9 Å². The first-order valence-electron chi connectivity index (χ1n) is 7.41. The molecular weight excluding hydrogens is 324 g/mol. The Labute approximate surface area is 140 Å². The third kappa shape index (κ3) is 3.28. The highest BCUT2D eigenvalue weighted by atomic mass is 32.2. The molecule has 122 valence electrons. The lowest BCUT2D eigenvalue weighted by Crippen LogP contribution is -2.32. The van der Waals surface area contributed by atoms with Gasteiger partial charge in [-0.2, -0.15) is 0 Å². The number of pyridine rings is 1. The molecule has 0 aliphatic heterocycles. The summed E-state index contributed by atoms with van der Waals surface area (Å²) in [5.74, 6) is -0.565. The van der Waals surface area contributed by atoms with E-state index in [2.05, 4.69) is 9.71 Å². The summed E-state index contributed by atoms with van der Waals surface area (Å²) in [6.07, 6.45) is 1.60. The second kappa shape index (κ2) is 6.41. The van der Waals surface area contributed by atoms with Crippen LogP contribution in [0.15, 0.2) is 65.7 Å². The quantitative estimate of drug-likeness (QED) is 0.792. The van der Waals surface area contributed by atoms with Crippen LogP contribution in [0.3, 0.4) is 0 Å². The fourth-order valence-corrected chi connectivity index (χ4v) is 3.73. The van der Waals surface area contributed by atoms with E-state index in [0.717, 1.165) is 11.1 Å². The van der Waals surface area contributed by atoms with Crippen LogP contribution in [0.2, 0.25) is 0 Å². The maximum absolute atomic E-state index is 12.6. The molecule has 2 aromatic carbocycles. The number of carbonyl (C=O) groups is 1. The summed E-state index contributed by atoms with van der Waals surface area (Å²) in [6, 6.07) is 15.5. The van der Waals surface area contributed by atoms with Gasteiger partial charge in [0.2, 0.25) is 5.91 Å². The van der Waals surface area contributed by atoms with E-state index >= 15 is 0 Å². The van der Waals surface area contributed by atoms with Crippen LogP contribution in [0, 0.1) is 6.92 Å². The minimum atomic E-state index is -3.96. The second-order valence-corrected chi connectivity index (χ2v) is 7.11. The van der Waals surface area contributed by atoms with Gasteiger partial charge in [-0.05, 0) is 42.3 Å². The van der Waals surface area contributed by atoms with Crippen molar-refractivity contribution >= 4 is 26.8 Å². The largest absolute Gasteiger partial charge is 0.274 e. The predicted molar refractivity (Wildman–Crippen MR) is 92.0 cm³/mol. The molecule has 1 aromatic heterocycles. The van der Waals surface area contributed by atoms with E-state index < -0.39 is 15.9 Å². The Balaban J connectivity index is 1.88. The first kappa shape index (κ1) is 16.1. The lowest BCUT2D eigenvalue weighted by molar-refractivity contribution is -0.118. The van der Waals surface area contributed by atoms with Crippen LogP contribution in [0.1, 0.15) is 11.1 Å². The van der Waals surface area contributed by atoms with Crippen LogP contribution < -0.4 is 4.72 Å². The topological polar surface area (TPSA) is 76.1 Å². The summed E-state index contributed by atoms with van der Waals surface area (Å²) < 4.78 is 27.3. The van der Waals surface area contributed by atoms with Crippen molar-refractivity contribution in [2.75, 3.05) is 0 Å². The van der Waals surface area contributed by atoms with Gasteiger partial charge in [-0.15, -0.1) is 0 Å². The van der Waals surface area contributed by atoms with E-state index in [9.17, 15) is 13.2 Å². The first-order chi connectivity index (χ1) is 11.5. The van der Waals surface area contributed by atoms with Gasteiger partial charge < -0.3 is 0 Å². The standard InChI is InChI=1S/C18H16N2O3S/c1-13-6-2-3-7-14(13)12-18(21)20-24(22,23)17-10-4-9-16-15(17)8-5-11-19-16/h2-11H,12H2,1H3,(H,20,21). The maximum Gasteiger partial charge on any atom is 0.264 e. The molecule has 0 saturated heterocycles.